The molecular weight excluding hydrogens is 237 g/mol. The van der Waals surface area contributed by atoms with Gasteiger partial charge in [-0.2, -0.15) is 0 Å². The Hall–Kier alpha value is -1.46. The molecule has 3 N–H and O–H groups in total. The van der Waals surface area contributed by atoms with E-state index in [2.05, 4.69) is 10.3 Å². The maximum atomic E-state index is 13.2. The summed E-state index contributed by atoms with van der Waals surface area (Å²) in [6.45, 7) is 3.27. The zero-order chi connectivity index (χ0) is 12.3. The summed E-state index contributed by atoms with van der Waals surface area (Å²) in [7, 11) is 0. The van der Waals surface area contributed by atoms with Gasteiger partial charge in [0.15, 0.2) is 0 Å². The molecule has 0 amide bonds. The third-order valence-electron chi connectivity index (χ3n) is 2.37. The molecule has 2 aromatic rings. The average molecular weight is 251 g/mol. The third kappa shape index (κ3) is 3.25. The van der Waals surface area contributed by atoms with E-state index in [0.717, 1.165) is 16.3 Å². The van der Waals surface area contributed by atoms with Gasteiger partial charge in [-0.15, -0.1) is 11.3 Å². The lowest BCUT2D eigenvalue weighted by Gasteiger charge is -2.04. The summed E-state index contributed by atoms with van der Waals surface area (Å²) in [6, 6.07) is 4.85. The van der Waals surface area contributed by atoms with Crippen LogP contribution in [0.4, 0.5) is 10.1 Å². The SMILES string of the molecule is Cc1nc(CNCc2ccc(N)c(F)c2)cs1. The van der Waals surface area contributed by atoms with E-state index in [-0.39, 0.29) is 11.5 Å². The zero-order valence-corrected chi connectivity index (χ0v) is 10.4. The zero-order valence-electron chi connectivity index (χ0n) is 9.53. The lowest BCUT2D eigenvalue weighted by Crippen LogP contribution is -2.13. The smallest absolute Gasteiger partial charge is 0.146 e. The first-order valence-electron chi connectivity index (χ1n) is 5.31. The Bertz CT molecular complexity index is 510. The summed E-state index contributed by atoms with van der Waals surface area (Å²) in [5.41, 5.74) is 7.49. The van der Waals surface area contributed by atoms with Crippen LogP contribution in [0, 0.1) is 12.7 Å². The van der Waals surface area contributed by atoms with Crippen molar-refractivity contribution < 1.29 is 4.39 Å². The molecule has 2 rings (SSSR count). The molecule has 0 aliphatic carbocycles. The van der Waals surface area contributed by atoms with Crippen LogP contribution in [0.5, 0.6) is 0 Å². The molecule has 0 fully saturated rings. The first kappa shape index (κ1) is 12.0. The molecule has 1 aromatic heterocycles. The molecular formula is C12H14FN3S. The van der Waals surface area contributed by atoms with E-state index in [1.807, 2.05) is 18.4 Å². The Kier molecular flexibility index (Phi) is 3.71. The van der Waals surface area contributed by atoms with Crippen LogP contribution in [-0.2, 0) is 13.1 Å². The molecule has 0 saturated carbocycles. The minimum atomic E-state index is -0.367. The van der Waals surface area contributed by atoms with Crippen LogP contribution >= 0.6 is 11.3 Å². The number of rotatable bonds is 4. The Balaban J connectivity index is 1.87. The number of aromatic nitrogens is 1. The second kappa shape index (κ2) is 5.25. The van der Waals surface area contributed by atoms with Crippen LogP contribution < -0.4 is 11.1 Å². The van der Waals surface area contributed by atoms with Crippen molar-refractivity contribution in [2.75, 3.05) is 5.73 Å². The van der Waals surface area contributed by atoms with E-state index >= 15 is 0 Å². The normalized spacial score (nSPS) is 10.7. The molecule has 0 saturated heterocycles. The van der Waals surface area contributed by atoms with Crippen LogP contribution in [0.25, 0.3) is 0 Å². The van der Waals surface area contributed by atoms with E-state index in [1.54, 1.807) is 17.4 Å². The molecule has 3 nitrogen and oxygen atoms in total. The number of nitrogens with zero attached hydrogens (tertiary/aromatic N) is 1. The van der Waals surface area contributed by atoms with E-state index < -0.39 is 0 Å². The van der Waals surface area contributed by atoms with Gasteiger partial charge in [-0.1, -0.05) is 6.07 Å². The minimum Gasteiger partial charge on any atom is -0.396 e. The molecule has 0 aliphatic heterocycles. The number of hydrogen-bond acceptors (Lipinski definition) is 4. The van der Waals surface area contributed by atoms with Gasteiger partial charge in [-0.3, -0.25) is 0 Å². The van der Waals surface area contributed by atoms with Gasteiger partial charge < -0.3 is 11.1 Å². The highest BCUT2D eigenvalue weighted by atomic mass is 32.1. The van der Waals surface area contributed by atoms with Crippen LogP contribution in [0.2, 0.25) is 0 Å². The number of halogens is 1. The van der Waals surface area contributed by atoms with Gasteiger partial charge in [0.2, 0.25) is 0 Å². The molecule has 1 aromatic carbocycles. The van der Waals surface area contributed by atoms with Crippen molar-refractivity contribution in [1.82, 2.24) is 10.3 Å². The van der Waals surface area contributed by atoms with Crippen molar-refractivity contribution in [1.29, 1.82) is 0 Å². The summed E-state index contributed by atoms with van der Waals surface area (Å²) < 4.78 is 13.2. The van der Waals surface area contributed by atoms with Gasteiger partial charge >= 0.3 is 0 Å². The maximum Gasteiger partial charge on any atom is 0.146 e. The van der Waals surface area contributed by atoms with Crippen LogP contribution in [0.15, 0.2) is 23.6 Å². The highest BCUT2D eigenvalue weighted by Crippen LogP contribution is 2.12. The van der Waals surface area contributed by atoms with E-state index in [1.165, 1.54) is 6.07 Å². The summed E-state index contributed by atoms with van der Waals surface area (Å²) in [4.78, 5) is 4.34. The van der Waals surface area contributed by atoms with Gasteiger partial charge in [-0.05, 0) is 24.6 Å². The third-order valence-corrected chi connectivity index (χ3v) is 3.19. The van der Waals surface area contributed by atoms with Crippen molar-refractivity contribution in [2.45, 2.75) is 20.0 Å². The Morgan fingerprint density at radius 2 is 2.24 bits per heavy atom. The first-order valence-corrected chi connectivity index (χ1v) is 6.19. The number of thiazole rings is 1. The van der Waals surface area contributed by atoms with E-state index in [9.17, 15) is 4.39 Å². The largest absolute Gasteiger partial charge is 0.396 e. The summed E-state index contributed by atoms with van der Waals surface area (Å²) in [5, 5.41) is 6.29. The molecule has 0 unspecified atom stereocenters. The van der Waals surface area contributed by atoms with Crippen LogP contribution in [0.3, 0.4) is 0 Å². The van der Waals surface area contributed by atoms with Gasteiger partial charge in [0.1, 0.15) is 5.82 Å². The van der Waals surface area contributed by atoms with Gasteiger partial charge in [0.05, 0.1) is 16.4 Å². The maximum absolute atomic E-state index is 13.2. The Morgan fingerprint density at radius 3 is 2.88 bits per heavy atom. The topological polar surface area (TPSA) is 50.9 Å². The van der Waals surface area contributed by atoms with Gasteiger partial charge in [-0.25, -0.2) is 9.37 Å². The molecule has 0 radical (unpaired) electrons. The fraction of sp³-hybridized carbons (Fsp3) is 0.250. The van der Waals surface area contributed by atoms with Crippen molar-refractivity contribution in [2.24, 2.45) is 0 Å². The quantitative estimate of drug-likeness (QED) is 0.821. The van der Waals surface area contributed by atoms with Crippen molar-refractivity contribution in [3.63, 3.8) is 0 Å². The van der Waals surface area contributed by atoms with E-state index in [4.69, 9.17) is 5.73 Å². The fourth-order valence-electron chi connectivity index (χ4n) is 1.50. The van der Waals surface area contributed by atoms with Crippen LogP contribution in [-0.4, -0.2) is 4.98 Å². The predicted molar refractivity (Wildman–Crippen MR) is 68.2 cm³/mol. The minimum absolute atomic E-state index is 0.184. The summed E-state index contributed by atoms with van der Waals surface area (Å²) in [5.74, 6) is -0.367. The molecule has 17 heavy (non-hydrogen) atoms. The second-order valence-corrected chi connectivity index (χ2v) is 4.88. The standard InChI is InChI=1S/C12H14FN3S/c1-8-16-10(7-17-8)6-15-5-9-2-3-12(14)11(13)4-9/h2-4,7,15H,5-6,14H2,1H3. The number of aryl methyl sites for hydroxylation is 1. The highest BCUT2D eigenvalue weighted by molar-refractivity contribution is 7.09. The molecule has 0 aliphatic rings. The van der Waals surface area contributed by atoms with Crippen molar-refractivity contribution in [3.8, 4) is 0 Å². The molecule has 0 spiro atoms. The van der Waals surface area contributed by atoms with Gasteiger partial charge in [0, 0.05) is 18.5 Å². The van der Waals surface area contributed by atoms with Crippen molar-refractivity contribution >= 4 is 17.0 Å². The molecule has 0 bridgehead atoms. The summed E-state index contributed by atoms with van der Waals surface area (Å²) >= 11 is 1.63. The van der Waals surface area contributed by atoms with Gasteiger partial charge in [0.25, 0.3) is 0 Å². The second-order valence-electron chi connectivity index (χ2n) is 3.82. The first-order chi connectivity index (χ1) is 8.15. The monoisotopic (exact) mass is 251 g/mol. The fourth-order valence-corrected chi connectivity index (χ4v) is 2.12. The average Bonchev–Trinajstić information content (AvgIpc) is 2.70. The number of nitrogens with one attached hydrogen (secondary N) is 1. The number of anilines is 1. The molecule has 90 valence electrons. The lowest BCUT2D eigenvalue weighted by atomic mass is 10.2. The lowest BCUT2D eigenvalue weighted by molar-refractivity contribution is 0.623. The predicted octanol–water partition coefficient (Wildman–Crippen LogP) is 2.46. The number of hydrogen-bond donors (Lipinski definition) is 2. The number of nitrogen functional groups attached to an aromatic ring is 1. The molecule has 5 heteroatoms. The molecule has 0 atom stereocenters. The summed E-state index contributed by atoms with van der Waals surface area (Å²) in [6.07, 6.45) is 0. The number of benzene rings is 1. The highest BCUT2D eigenvalue weighted by Gasteiger charge is 2.01. The Morgan fingerprint density at radius 1 is 1.41 bits per heavy atom. The number of nitrogens with two attached hydrogens (primary N) is 1. The van der Waals surface area contributed by atoms with E-state index in [0.29, 0.717) is 13.1 Å². The Labute approximate surface area is 103 Å². The van der Waals surface area contributed by atoms with Crippen LogP contribution in [0.1, 0.15) is 16.3 Å². The molecule has 1 heterocycles. The van der Waals surface area contributed by atoms with Crippen molar-refractivity contribution in [3.05, 3.63) is 45.7 Å².